The van der Waals surface area contributed by atoms with Crippen LogP contribution in [0.3, 0.4) is 0 Å². The smallest absolute Gasteiger partial charge is 0.407 e. The lowest BCUT2D eigenvalue weighted by Crippen LogP contribution is -2.46. The van der Waals surface area contributed by atoms with Gasteiger partial charge >= 0.3 is 12.1 Å². The molecule has 0 bridgehead atoms. The summed E-state index contributed by atoms with van der Waals surface area (Å²) in [7, 11) is 0. The molecule has 3 rings (SSSR count). The molecule has 0 saturated carbocycles. The first-order valence-corrected chi connectivity index (χ1v) is 10.9. The summed E-state index contributed by atoms with van der Waals surface area (Å²) in [6.07, 6.45) is -0.267. The van der Waals surface area contributed by atoms with Crippen molar-refractivity contribution in [3.8, 4) is 11.1 Å². The van der Waals surface area contributed by atoms with Gasteiger partial charge in [0.25, 0.3) is 0 Å². The molecular weight excluding hydrogens is 408 g/mol. The third kappa shape index (κ3) is 5.46. The van der Waals surface area contributed by atoms with E-state index in [0.29, 0.717) is 6.42 Å². The molecule has 1 aliphatic rings. The zero-order valence-corrected chi connectivity index (χ0v) is 18.6. The van der Waals surface area contributed by atoms with Crippen molar-refractivity contribution in [2.75, 3.05) is 13.2 Å². The summed E-state index contributed by atoms with van der Waals surface area (Å²) in [6, 6.07) is 15.2. The number of aliphatic carboxylic acids is 1. The monoisotopic (exact) mass is 438 g/mol. The number of hydrogen-bond donors (Lipinski definition) is 3. The Balaban J connectivity index is 1.51. The lowest BCUT2D eigenvalue weighted by atomic mass is 9.98. The van der Waals surface area contributed by atoms with Crippen LogP contribution in [0.1, 0.15) is 44.2 Å². The molecule has 2 aromatic rings. The van der Waals surface area contributed by atoms with E-state index in [1.165, 1.54) is 0 Å². The Hall–Kier alpha value is -3.35. The van der Waals surface area contributed by atoms with Gasteiger partial charge in [-0.2, -0.15) is 0 Å². The molecule has 0 aromatic heterocycles. The zero-order chi connectivity index (χ0) is 23.3. The quantitative estimate of drug-likeness (QED) is 0.553. The van der Waals surface area contributed by atoms with Crippen LogP contribution in [0, 0.1) is 11.8 Å². The third-order valence-electron chi connectivity index (χ3n) is 5.67. The summed E-state index contributed by atoms with van der Waals surface area (Å²) in [5.74, 6) is -1.99. The topological polar surface area (TPSA) is 105 Å². The number of alkyl carbamates (subject to hydrolysis) is 1. The van der Waals surface area contributed by atoms with Gasteiger partial charge in [0.05, 0.1) is 5.92 Å². The molecule has 0 heterocycles. The highest BCUT2D eigenvalue weighted by Crippen LogP contribution is 2.44. The van der Waals surface area contributed by atoms with Crippen LogP contribution in [0.4, 0.5) is 4.79 Å². The molecule has 2 amide bonds. The average molecular weight is 439 g/mol. The molecule has 170 valence electrons. The van der Waals surface area contributed by atoms with Crippen molar-refractivity contribution in [1.82, 2.24) is 10.6 Å². The maximum Gasteiger partial charge on any atom is 0.407 e. The molecule has 0 radical (unpaired) electrons. The number of carboxylic acids is 1. The van der Waals surface area contributed by atoms with Gasteiger partial charge in [0.1, 0.15) is 12.6 Å². The van der Waals surface area contributed by atoms with E-state index in [4.69, 9.17) is 4.74 Å². The Labute approximate surface area is 188 Å². The number of carbonyl (C=O) groups is 3. The first kappa shape index (κ1) is 23.3. The van der Waals surface area contributed by atoms with E-state index >= 15 is 0 Å². The fourth-order valence-corrected chi connectivity index (χ4v) is 3.99. The fourth-order valence-electron chi connectivity index (χ4n) is 3.99. The number of fused-ring (bicyclic) bond motifs is 3. The maximum absolute atomic E-state index is 12.3. The highest BCUT2D eigenvalue weighted by atomic mass is 16.5. The molecule has 0 spiro atoms. The standard InChI is InChI=1S/C25H30N2O5/c1-15(2)12-22(24(29)30)27-23(28)16(3)13-26-25(31)32-14-21-19-10-6-4-8-17(19)18-9-5-7-11-20(18)21/h4-11,15-16,21-22H,12-14H2,1-3H3,(H,26,31)(H,27,28)(H,29,30)/t16?,22-/m0/s1. The van der Waals surface area contributed by atoms with Crippen molar-refractivity contribution in [2.24, 2.45) is 11.8 Å². The van der Waals surface area contributed by atoms with E-state index in [1.807, 2.05) is 50.2 Å². The molecule has 2 atom stereocenters. The molecule has 7 heteroatoms. The second kappa shape index (κ2) is 10.3. The van der Waals surface area contributed by atoms with E-state index in [1.54, 1.807) is 6.92 Å². The second-order valence-corrected chi connectivity index (χ2v) is 8.64. The SMILES string of the molecule is CC(C)C[C@H](NC(=O)C(C)CNC(=O)OCC1c2ccccc2-c2ccccc21)C(=O)O. The van der Waals surface area contributed by atoms with Crippen molar-refractivity contribution in [2.45, 2.75) is 39.2 Å². The van der Waals surface area contributed by atoms with E-state index in [-0.39, 0.29) is 25.0 Å². The van der Waals surface area contributed by atoms with Gasteiger partial charge in [0.2, 0.25) is 5.91 Å². The lowest BCUT2D eigenvalue weighted by molar-refractivity contribution is -0.142. The predicted molar refractivity (Wildman–Crippen MR) is 121 cm³/mol. The fraction of sp³-hybridized carbons (Fsp3) is 0.400. The van der Waals surface area contributed by atoms with Crippen molar-refractivity contribution in [1.29, 1.82) is 0 Å². The summed E-state index contributed by atoms with van der Waals surface area (Å²) in [5, 5.41) is 14.4. The molecule has 0 aliphatic heterocycles. The Kier molecular flexibility index (Phi) is 7.51. The largest absolute Gasteiger partial charge is 0.480 e. The summed E-state index contributed by atoms with van der Waals surface area (Å²) in [5.41, 5.74) is 4.55. The van der Waals surface area contributed by atoms with Crippen LogP contribution in [0.25, 0.3) is 11.1 Å². The Morgan fingerprint density at radius 2 is 1.53 bits per heavy atom. The van der Waals surface area contributed by atoms with Gasteiger partial charge in [0.15, 0.2) is 0 Å². The average Bonchev–Trinajstić information content (AvgIpc) is 3.09. The number of carbonyl (C=O) groups excluding carboxylic acids is 2. The second-order valence-electron chi connectivity index (χ2n) is 8.64. The molecule has 7 nitrogen and oxygen atoms in total. The normalized spacial score (nSPS) is 14.2. The van der Waals surface area contributed by atoms with Crippen LogP contribution in [-0.4, -0.2) is 42.3 Å². The van der Waals surface area contributed by atoms with Gasteiger partial charge in [0, 0.05) is 12.5 Å². The Morgan fingerprint density at radius 1 is 0.969 bits per heavy atom. The van der Waals surface area contributed by atoms with Crippen LogP contribution in [0.2, 0.25) is 0 Å². The number of benzene rings is 2. The van der Waals surface area contributed by atoms with Gasteiger partial charge in [-0.05, 0) is 34.6 Å². The molecular formula is C25H30N2O5. The number of amides is 2. The number of nitrogens with one attached hydrogen (secondary N) is 2. The van der Waals surface area contributed by atoms with Gasteiger partial charge in [-0.25, -0.2) is 9.59 Å². The third-order valence-corrected chi connectivity index (χ3v) is 5.67. The molecule has 1 unspecified atom stereocenters. The lowest BCUT2D eigenvalue weighted by Gasteiger charge is -2.20. The van der Waals surface area contributed by atoms with Gasteiger partial charge in [-0.15, -0.1) is 0 Å². The van der Waals surface area contributed by atoms with Gasteiger partial charge in [-0.3, -0.25) is 4.79 Å². The van der Waals surface area contributed by atoms with E-state index < -0.39 is 29.9 Å². The highest BCUT2D eigenvalue weighted by Gasteiger charge is 2.29. The molecule has 0 saturated heterocycles. The predicted octanol–water partition coefficient (Wildman–Crippen LogP) is 3.78. The van der Waals surface area contributed by atoms with Crippen LogP contribution in [-0.2, 0) is 14.3 Å². The molecule has 1 aliphatic carbocycles. The van der Waals surface area contributed by atoms with Gasteiger partial charge < -0.3 is 20.5 Å². The first-order valence-electron chi connectivity index (χ1n) is 10.9. The molecule has 0 fully saturated rings. The summed E-state index contributed by atoms with van der Waals surface area (Å²) in [4.78, 5) is 35.9. The maximum atomic E-state index is 12.3. The minimum Gasteiger partial charge on any atom is -0.480 e. The van der Waals surface area contributed by atoms with E-state index in [9.17, 15) is 19.5 Å². The van der Waals surface area contributed by atoms with Crippen LogP contribution in [0.15, 0.2) is 48.5 Å². The van der Waals surface area contributed by atoms with Gasteiger partial charge in [-0.1, -0.05) is 69.3 Å². The van der Waals surface area contributed by atoms with E-state index in [2.05, 4.69) is 22.8 Å². The van der Waals surface area contributed by atoms with Crippen LogP contribution in [0.5, 0.6) is 0 Å². The minimum atomic E-state index is -1.07. The van der Waals surface area contributed by atoms with E-state index in [0.717, 1.165) is 22.3 Å². The number of carboxylic acid groups (broad SMARTS) is 1. The molecule has 2 aromatic carbocycles. The number of rotatable bonds is 9. The van der Waals surface area contributed by atoms with Crippen molar-refractivity contribution >= 4 is 18.0 Å². The minimum absolute atomic E-state index is 0.0405. The molecule has 3 N–H and O–H groups in total. The first-order chi connectivity index (χ1) is 15.3. The van der Waals surface area contributed by atoms with Crippen molar-refractivity contribution in [3.05, 3.63) is 59.7 Å². The van der Waals surface area contributed by atoms with Crippen molar-refractivity contribution < 1.29 is 24.2 Å². The zero-order valence-electron chi connectivity index (χ0n) is 18.6. The summed E-state index contributed by atoms with van der Waals surface area (Å²) < 4.78 is 5.47. The summed E-state index contributed by atoms with van der Waals surface area (Å²) in [6.45, 7) is 5.66. The Bertz CT molecular complexity index is 942. The number of ether oxygens (including phenoxy) is 1. The summed E-state index contributed by atoms with van der Waals surface area (Å²) >= 11 is 0. The van der Waals surface area contributed by atoms with Crippen LogP contribution < -0.4 is 10.6 Å². The van der Waals surface area contributed by atoms with Crippen LogP contribution >= 0.6 is 0 Å². The highest BCUT2D eigenvalue weighted by molar-refractivity contribution is 5.85. The molecule has 32 heavy (non-hydrogen) atoms. The Morgan fingerprint density at radius 3 is 2.06 bits per heavy atom. The van der Waals surface area contributed by atoms with Crippen molar-refractivity contribution in [3.63, 3.8) is 0 Å². The number of hydrogen-bond acceptors (Lipinski definition) is 4.